The van der Waals surface area contributed by atoms with Gasteiger partial charge in [-0.1, -0.05) is 13.8 Å². The fourth-order valence-electron chi connectivity index (χ4n) is 3.14. The van der Waals surface area contributed by atoms with Crippen LogP contribution in [0.5, 0.6) is 0 Å². The molecule has 0 N–H and O–H groups in total. The lowest BCUT2D eigenvalue weighted by Gasteiger charge is -2.34. The van der Waals surface area contributed by atoms with Crippen molar-refractivity contribution in [2.45, 2.75) is 38.8 Å². The van der Waals surface area contributed by atoms with E-state index in [1.54, 1.807) is 13.2 Å². The van der Waals surface area contributed by atoms with E-state index in [1.807, 2.05) is 24.8 Å². The second kappa shape index (κ2) is 7.92. The van der Waals surface area contributed by atoms with Crippen LogP contribution in [0.4, 0.5) is 4.39 Å². The van der Waals surface area contributed by atoms with Gasteiger partial charge in [0.15, 0.2) is 0 Å². The first kappa shape index (κ1) is 18.6. The minimum Gasteiger partial charge on any atom is -0.469 e. The molecular formula is C18H27FN2O3. The third kappa shape index (κ3) is 4.44. The quantitative estimate of drug-likeness (QED) is 0.713. The zero-order chi connectivity index (χ0) is 17.9. The highest BCUT2D eigenvalue weighted by molar-refractivity contribution is 5.78. The maximum atomic E-state index is 12.9. The number of hydrogen-bond acceptors (Lipinski definition) is 4. The van der Waals surface area contributed by atoms with Crippen LogP contribution in [0.1, 0.15) is 37.3 Å². The Labute approximate surface area is 142 Å². The van der Waals surface area contributed by atoms with Gasteiger partial charge in [-0.2, -0.15) is 0 Å². The number of esters is 1. The summed E-state index contributed by atoms with van der Waals surface area (Å²) in [6.45, 7) is 5.75. The fraction of sp³-hybridized carbons (Fsp3) is 0.667. The van der Waals surface area contributed by atoms with E-state index in [0.717, 1.165) is 18.5 Å². The molecule has 1 aliphatic heterocycles. The molecule has 2 rings (SSSR count). The molecule has 0 amide bonds. The lowest BCUT2D eigenvalue weighted by atomic mass is 9.90. The number of carbonyl (C=O) groups is 1. The van der Waals surface area contributed by atoms with Gasteiger partial charge in [0, 0.05) is 38.4 Å². The number of alkyl halides is 1. The van der Waals surface area contributed by atoms with Gasteiger partial charge in [-0.15, -0.1) is 0 Å². The van der Waals surface area contributed by atoms with E-state index in [4.69, 9.17) is 4.74 Å². The van der Waals surface area contributed by atoms with Gasteiger partial charge in [-0.25, -0.2) is 4.39 Å². The molecule has 1 aliphatic rings. The molecule has 6 heteroatoms. The maximum absolute atomic E-state index is 12.9. The lowest BCUT2D eigenvalue weighted by molar-refractivity contribution is -0.142. The van der Waals surface area contributed by atoms with Crippen molar-refractivity contribution < 1.29 is 13.9 Å². The smallest absolute Gasteiger partial charge is 0.313 e. The summed E-state index contributed by atoms with van der Waals surface area (Å²) in [6.07, 6.45) is 2.38. The number of likely N-dealkylation sites (tertiary alicyclic amines) is 1. The summed E-state index contributed by atoms with van der Waals surface area (Å²) in [5, 5.41) is 0. The second-order valence-electron chi connectivity index (χ2n) is 7.03. The number of nitrogens with zero attached hydrogens (tertiary/aromatic N) is 2. The standard InChI is InChI=1S/C18H27FN2O3/c1-12(2)7-16(18(23)24-4)15-8-13(9-20(3)17(15)22)5-6-21-10-14(19)11-21/h8-9,12,14,16H,5-7,10-11H2,1-4H3/t16-/m0/s1. The first-order valence-corrected chi connectivity index (χ1v) is 8.45. The van der Waals surface area contributed by atoms with Gasteiger partial charge in [0.05, 0.1) is 13.0 Å². The molecule has 1 saturated heterocycles. The third-order valence-corrected chi connectivity index (χ3v) is 4.47. The number of aromatic nitrogens is 1. The van der Waals surface area contributed by atoms with Crippen LogP contribution in [-0.2, 0) is 23.0 Å². The Morgan fingerprint density at radius 1 is 1.42 bits per heavy atom. The van der Waals surface area contributed by atoms with E-state index in [-0.39, 0.29) is 17.4 Å². The van der Waals surface area contributed by atoms with Crippen LogP contribution in [0, 0.1) is 5.92 Å². The second-order valence-corrected chi connectivity index (χ2v) is 7.03. The van der Waals surface area contributed by atoms with Crippen molar-refractivity contribution in [3.05, 3.63) is 33.7 Å². The zero-order valence-corrected chi connectivity index (χ0v) is 14.9. The van der Waals surface area contributed by atoms with Crippen LogP contribution in [0.2, 0.25) is 0 Å². The van der Waals surface area contributed by atoms with Gasteiger partial charge >= 0.3 is 5.97 Å². The van der Waals surface area contributed by atoms with Crippen LogP contribution >= 0.6 is 0 Å². The maximum Gasteiger partial charge on any atom is 0.313 e. The highest BCUT2D eigenvalue weighted by Gasteiger charge is 2.27. The van der Waals surface area contributed by atoms with Crippen molar-refractivity contribution in [3.63, 3.8) is 0 Å². The minimum absolute atomic E-state index is 0.164. The van der Waals surface area contributed by atoms with E-state index >= 15 is 0 Å². The molecular weight excluding hydrogens is 311 g/mol. The molecule has 0 spiro atoms. The first-order chi connectivity index (χ1) is 11.3. The number of aryl methyl sites for hydroxylation is 1. The third-order valence-electron chi connectivity index (χ3n) is 4.47. The van der Waals surface area contributed by atoms with Crippen LogP contribution in [0.3, 0.4) is 0 Å². The summed E-state index contributed by atoms with van der Waals surface area (Å²) in [6, 6.07) is 1.82. The number of hydrogen-bond donors (Lipinski definition) is 0. The fourth-order valence-corrected chi connectivity index (χ4v) is 3.14. The summed E-state index contributed by atoms with van der Waals surface area (Å²) >= 11 is 0. The van der Waals surface area contributed by atoms with E-state index in [1.165, 1.54) is 11.7 Å². The van der Waals surface area contributed by atoms with Crippen molar-refractivity contribution in [2.24, 2.45) is 13.0 Å². The Morgan fingerprint density at radius 3 is 2.62 bits per heavy atom. The molecule has 1 fully saturated rings. The Balaban J connectivity index is 2.23. The average molecular weight is 338 g/mol. The van der Waals surface area contributed by atoms with Gasteiger partial charge in [0.1, 0.15) is 6.17 Å². The highest BCUT2D eigenvalue weighted by Crippen LogP contribution is 2.24. The molecule has 1 aromatic rings. The highest BCUT2D eigenvalue weighted by atomic mass is 19.1. The average Bonchev–Trinajstić information content (AvgIpc) is 2.50. The SMILES string of the molecule is COC(=O)[C@@H](CC(C)C)c1cc(CCN2CC(F)C2)cn(C)c1=O. The summed E-state index contributed by atoms with van der Waals surface area (Å²) < 4.78 is 19.3. The molecule has 1 atom stereocenters. The lowest BCUT2D eigenvalue weighted by Crippen LogP contribution is -2.48. The van der Waals surface area contributed by atoms with Crippen molar-refractivity contribution in [2.75, 3.05) is 26.7 Å². The number of ether oxygens (including phenoxy) is 1. The minimum atomic E-state index is -0.713. The number of carbonyl (C=O) groups excluding carboxylic acids is 1. The van der Waals surface area contributed by atoms with Gasteiger partial charge in [0.2, 0.25) is 0 Å². The zero-order valence-electron chi connectivity index (χ0n) is 14.9. The van der Waals surface area contributed by atoms with Crippen molar-refractivity contribution >= 4 is 5.97 Å². The Hall–Kier alpha value is -1.69. The summed E-state index contributed by atoms with van der Waals surface area (Å²) in [4.78, 5) is 26.7. The van der Waals surface area contributed by atoms with E-state index in [0.29, 0.717) is 25.1 Å². The number of rotatable bonds is 7. The molecule has 134 valence electrons. The van der Waals surface area contributed by atoms with Crippen LogP contribution < -0.4 is 5.56 Å². The molecule has 24 heavy (non-hydrogen) atoms. The van der Waals surface area contributed by atoms with Gasteiger partial charge in [-0.05, 0) is 30.4 Å². The largest absolute Gasteiger partial charge is 0.469 e. The van der Waals surface area contributed by atoms with E-state index in [9.17, 15) is 14.0 Å². The Kier molecular flexibility index (Phi) is 6.15. The van der Waals surface area contributed by atoms with Crippen molar-refractivity contribution in [1.29, 1.82) is 0 Å². The molecule has 0 bridgehead atoms. The van der Waals surface area contributed by atoms with Gasteiger partial charge in [-0.3, -0.25) is 14.5 Å². The first-order valence-electron chi connectivity index (χ1n) is 8.45. The predicted molar refractivity (Wildman–Crippen MR) is 90.9 cm³/mol. The molecule has 0 aliphatic carbocycles. The molecule has 0 radical (unpaired) electrons. The Bertz CT molecular complexity index is 636. The van der Waals surface area contributed by atoms with Gasteiger partial charge in [0.25, 0.3) is 5.56 Å². The summed E-state index contributed by atoms with van der Waals surface area (Å²) in [7, 11) is 3.04. The van der Waals surface area contributed by atoms with Crippen LogP contribution in [-0.4, -0.2) is 48.4 Å². The predicted octanol–water partition coefficient (Wildman–Crippen LogP) is 1.88. The van der Waals surface area contributed by atoms with Gasteiger partial charge < -0.3 is 9.30 Å². The van der Waals surface area contributed by atoms with E-state index < -0.39 is 12.1 Å². The summed E-state index contributed by atoms with van der Waals surface area (Å²) in [5.74, 6) is -0.654. The monoisotopic (exact) mass is 338 g/mol. The summed E-state index contributed by atoms with van der Waals surface area (Å²) in [5.41, 5.74) is 1.30. The number of pyridine rings is 1. The number of methoxy groups -OCH3 is 1. The molecule has 0 saturated carbocycles. The molecule has 2 heterocycles. The topological polar surface area (TPSA) is 51.5 Å². The van der Waals surface area contributed by atoms with Crippen molar-refractivity contribution in [1.82, 2.24) is 9.47 Å². The molecule has 1 aromatic heterocycles. The normalized spacial score (nSPS) is 16.9. The van der Waals surface area contributed by atoms with Crippen LogP contribution in [0.25, 0.3) is 0 Å². The molecule has 0 aromatic carbocycles. The number of halogens is 1. The molecule has 5 nitrogen and oxygen atoms in total. The van der Waals surface area contributed by atoms with Crippen LogP contribution in [0.15, 0.2) is 17.1 Å². The van der Waals surface area contributed by atoms with Crippen molar-refractivity contribution in [3.8, 4) is 0 Å². The van der Waals surface area contributed by atoms with E-state index in [2.05, 4.69) is 0 Å². The molecule has 0 unspecified atom stereocenters. The Morgan fingerprint density at radius 2 is 2.08 bits per heavy atom.